The minimum Gasteiger partial charge on any atom is -0.455 e. The van der Waals surface area contributed by atoms with E-state index in [2.05, 4.69) is 45.7 Å². The summed E-state index contributed by atoms with van der Waals surface area (Å²) in [5.74, 6) is -0.411. The highest BCUT2D eigenvalue weighted by Crippen LogP contribution is 2.43. The molecule has 54 heavy (non-hydrogen) atoms. The van der Waals surface area contributed by atoms with E-state index in [4.69, 9.17) is 16.3 Å². The number of piperazine rings is 1. The van der Waals surface area contributed by atoms with E-state index < -0.39 is 21.4 Å². The molecule has 0 amide bonds. The maximum Gasteiger partial charge on any atom is 0.186 e. The molecule has 3 heterocycles. The van der Waals surface area contributed by atoms with Crippen molar-refractivity contribution in [1.29, 1.82) is 0 Å². The first-order valence-corrected chi connectivity index (χ1v) is 20.7. The van der Waals surface area contributed by atoms with Crippen LogP contribution in [0.3, 0.4) is 0 Å². The number of halogens is 1. The minimum atomic E-state index is -3.95. The molecule has 5 aromatic rings. The van der Waals surface area contributed by atoms with Gasteiger partial charge in [0.25, 0.3) is 0 Å². The number of ether oxygens (including phenoxy) is 1. The van der Waals surface area contributed by atoms with Gasteiger partial charge in [0, 0.05) is 61.1 Å². The average Bonchev–Trinajstić information content (AvgIpc) is 3.60. The zero-order chi connectivity index (χ0) is 38.4. The van der Waals surface area contributed by atoms with Crippen LogP contribution in [0.2, 0.25) is 5.02 Å². The van der Waals surface area contributed by atoms with Crippen molar-refractivity contribution in [1.82, 2.24) is 14.9 Å². The van der Waals surface area contributed by atoms with Crippen LogP contribution in [0, 0.1) is 33.1 Å². The Morgan fingerprint density at radius 1 is 0.926 bits per heavy atom. The van der Waals surface area contributed by atoms with Gasteiger partial charge >= 0.3 is 0 Å². The predicted octanol–water partition coefficient (Wildman–Crippen LogP) is 9.68. The molecule has 0 unspecified atom stereocenters. The third kappa shape index (κ3) is 7.99. The lowest BCUT2D eigenvalue weighted by Gasteiger charge is -2.39. The normalized spacial score (nSPS) is 16.6. The van der Waals surface area contributed by atoms with Crippen LogP contribution in [0.4, 0.5) is 5.69 Å². The molecule has 1 aliphatic carbocycles. The number of pyridine rings is 1. The number of carbonyl (C=O) groups excluding carboxylic acids is 1. The van der Waals surface area contributed by atoms with Gasteiger partial charge in [-0.05, 0) is 122 Å². The molecule has 0 atom stereocenters. The van der Waals surface area contributed by atoms with Gasteiger partial charge in [0.05, 0.1) is 16.7 Å². The number of benzene rings is 3. The van der Waals surface area contributed by atoms with Gasteiger partial charge in [0.1, 0.15) is 22.9 Å². The van der Waals surface area contributed by atoms with E-state index in [1.54, 1.807) is 19.2 Å². The van der Waals surface area contributed by atoms with Crippen molar-refractivity contribution in [3.8, 4) is 11.5 Å². The zero-order valence-corrected chi connectivity index (χ0v) is 33.6. The standard InChI is InChI=1S/C44H49ClN4O4S/c1-28-21-29(2)42(31(4)30(28)3)54(51,52)27-40(50)38-12-11-36(23-41(38)53-37-22-33-14-16-46-43(33)47-25-37)49-19-17-48(18-20-49)26-34-13-15-44(5,6)24-39(34)32-7-9-35(45)10-8-32/h7-12,14,16,21-23,25H,13,15,17-20,24,26-27H2,1-6H3,(H,46,47). The van der Waals surface area contributed by atoms with Crippen LogP contribution in [-0.2, 0) is 9.84 Å². The summed E-state index contributed by atoms with van der Waals surface area (Å²) in [5.41, 5.74) is 9.61. The van der Waals surface area contributed by atoms with Crippen molar-refractivity contribution < 1.29 is 17.9 Å². The zero-order valence-electron chi connectivity index (χ0n) is 32.1. The number of fused-ring (bicyclic) bond motifs is 1. The Labute approximate surface area is 324 Å². The van der Waals surface area contributed by atoms with Crippen molar-refractivity contribution in [2.24, 2.45) is 5.41 Å². The first-order chi connectivity index (χ1) is 25.7. The van der Waals surface area contributed by atoms with E-state index in [0.717, 1.165) is 78.4 Å². The molecule has 1 saturated heterocycles. The van der Waals surface area contributed by atoms with Gasteiger partial charge in [0.2, 0.25) is 0 Å². The molecule has 2 aliphatic rings. The van der Waals surface area contributed by atoms with E-state index in [1.165, 1.54) is 23.1 Å². The maximum atomic E-state index is 14.0. The molecule has 1 fully saturated rings. The van der Waals surface area contributed by atoms with E-state index in [1.807, 2.05) is 69.4 Å². The average molecular weight is 765 g/mol. The van der Waals surface area contributed by atoms with Crippen molar-refractivity contribution >= 4 is 49.5 Å². The number of sulfone groups is 1. The van der Waals surface area contributed by atoms with Gasteiger partial charge in [-0.3, -0.25) is 9.69 Å². The molecule has 0 saturated carbocycles. The van der Waals surface area contributed by atoms with Gasteiger partial charge in [-0.25, -0.2) is 13.4 Å². The fourth-order valence-electron chi connectivity index (χ4n) is 8.08. The Balaban J connectivity index is 1.13. The largest absolute Gasteiger partial charge is 0.455 e. The molecule has 1 aliphatic heterocycles. The number of hydrogen-bond acceptors (Lipinski definition) is 7. The number of nitrogens with one attached hydrogen (secondary N) is 1. The summed E-state index contributed by atoms with van der Waals surface area (Å²) in [5, 5.41) is 1.62. The summed E-state index contributed by atoms with van der Waals surface area (Å²) in [6.45, 7) is 16.5. The van der Waals surface area contributed by atoms with Crippen molar-refractivity contribution in [3.63, 3.8) is 0 Å². The summed E-state index contributed by atoms with van der Waals surface area (Å²) in [4.78, 5) is 26.6. The van der Waals surface area contributed by atoms with E-state index in [-0.39, 0.29) is 15.9 Å². The first-order valence-electron chi connectivity index (χ1n) is 18.7. The van der Waals surface area contributed by atoms with Gasteiger partial charge in [-0.15, -0.1) is 0 Å². The van der Waals surface area contributed by atoms with Crippen LogP contribution in [0.15, 0.2) is 83.5 Å². The fraction of sp³-hybridized carbons (Fsp3) is 0.364. The third-order valence-electron chi connectivity index (χ3n) is 11.3. The molecule has 1 N–H and O–H groups in total. The molecule has 282 valence electrons. The third-order valence-corrected chi connectivity index (χ3v) is 13.5. The lowest BCUT2D eigenvalue weighted by molar-refractivity contribution is 0.101. The summed E-state index contributed by atoms with van der Waals surface area (Å²) < 4.78 is 34.1. The number of H-pyrrole nitrogens is 1. The smallest absolute Gasteiger partial charge is 0.186 e. The number of anilines is 1. The first kappa shape index (κ1) is 37.9. The molecule has 0 radical (unpaired) electrons. The summed E-state index contributed by atoms with van der Waals surface area (Å²) >= 11 is 6.24. The number of hydrogen-bond donors (Lipinski definition) is 1. The quantitative estimate of drug-likeness (QED) is 0.142. The highest BCUT2D eigenvalue weighted by atomic mass is 35.5. The van der Waals surface area contributed by atoms with Crippen LogP contribution >= 0.6 is 11.6 Å². The molecule has 2 aromatic heterocycles. The second-order valence-corrected chi connectivity index (χ2v) is 18.2. The number of allylic oxidation sites excluding steroid dienone is 1. The van der Waals surface area contributed by atoms with Crippen molar-refractivity contribution in [2.75, 3.05) is 43.4 Å². The summed E-state index contributed by atoms with van der Waals surface area (Å²) in [7, 11) is -3.95. The van der Waals surface area contributed by atoms with Gasteiger partial charge < -0.3 is 14.6 Å². The number of rotatable bonds is 10. The Kier molecular flexibility index (Phi) is 10.5. The highest BCUT2D eigenvalue weighted by Gasteiger charge is 2.31. The number of Topliss-reactive ketones (excluding diaryl/α,β-unsaturated/α-hetero) is 1. The molecule has 3 aromatic carbocycles. The van der Waals surface area contributed by atoms with Gasteiger partial charge in [0.15, 0.2) is 15.6 Å². The summed E-state index contributed by atoms with van der Waals surface area (Å²) in [6.07, 6.45) is 6.72. The molecule has 7 rings (SSSR count). The Morgan fingerprint density at radius 2 is 1.67 bits per heavy atom. The molecular formula is C44H49ClN4O4S. The Morgan fingerprint density at radius 3 is 2.41 bits per heavy atom. The van der Waals surface area contributed by atoms with E-state index >= 15 is 0 Å². The topological polar surface area (TPSA) is 95.6 Å². The van der Waals surface area contributed by atoms with Crippen LogP contribution < -0.4 is 9.64 Å². The van der Waals surface area contributed by atoms with Crippen LogP contribution in [-0.4, -0.2) is 67.5 Å². The molecule has 0 bridgehead atoms. The molecular weight excluding hydrogens is 716 g/mol. The highest BCUT2D eigenvalue weighted by molar-refractivity contribution is 7.92. The minimum absolute atomic E-state index is 0.219. The second kappa shape index (κ2) is 15.0. The monoisotopic (exact) mass is 764 g/mol. The SMILES string of the molecule is Cc1cc(C)c(S(=O)(=O)CC(=O)c2ccc(N3CCN(CC4=C(c5ccc(Cl)cc5)CC(C)(C)CC4)CC3)cc2Oc2cnc3[nH]ccc3c2)c(C)c1C. The van der Waals surface area contributed by atoms with E-state index in [0.29, 0.717) is 22.6 Å². The number of carbonyl (C=O) groups is 1. The lowest BCUT2D eigenvalue weighted by Crippen LogP contribution is -2.47. The predicted molar refractivity (Wildman–Crippen MR) is 219 cm³/mol. The maximum absolute atomic E-state index is 14.0. The Bertz CT molecular complexity index is 2370. The van der Waals surface area contributed by atoms with Gasteiger partial charge in [-0.1, -0.05) is 49.2 Å². The van der Waals surface area contributed by atoms with Crippen LogP contribution in [0.5, 0.6) is 11.5 Å². The molecule has 8 nitrogen and oxygen atoms in total. The molecule has 10 heteroatoms. The Hall–Kier alpha value is -4.44. The number of aromatic amines is 1. The van der Waals surface area contributed by atoms with Crippen molar-refractivity contribution in [3.05, 3.63) is 117 Å². The van der Waals surface area contributed by atoms with Crippen LogP contribution in [0.1, 0.15) is 71.3 Å². The number of aromatic nitrogens is 2. The second-order valence-electron chi connectivity index (χ2n) is 15.8. The van der Waals surface area contributed by atoms with E-state index in [9.17, 15) is 13.2 Å². The number of ketones is 1. The molecule has 0 spiro atoms. The number of nitrogens with zero attached hydrogens (tertiary/aromatic N) is 3. The van der Waals surface area contributed by atoms with Gasteiger partial charge in [-0.2, -0.15) is 0 Å². The number of aryl methyl sites for hydroxylation is 2. The van der Waals surface area contributed by atoms with Crippen molar-refractivity contribution in [2.45, 2.75) is 65.7 Å². The lowest BCUT2D eigenvalue weighted by atomic mass is 9.72. The summed E-state index contributed by atoms with van der Waals surface area (Å²) in [6, 6.07) is 19.4. The van der Waals surface area contributed by atoms with Crippen LogP contribution in [0.25, 0.3) is 16.6 Å². The fourth-order valence-corrected chi connectivity index (χ4v) is 10.0.